The first-order valence-electron chi connectivity index (χ1n) is 13.1. The second-order valence-corrected chi connectivity index (χ2v) is 9.97. The molecule has 0 amide bonds. The SMILES string of the molecule is COC(=O)C1=C(C)NC(N)=C(C(=O)OC2CN(C(c3ccccc3)c3ccccc3)C2)C1c1cccc([N+](=O)[O-])c1. The average Bonchev–Trinajstić information content (AvgIpc) is 2.96. The van der Waals surface area contributed by atoms with Crippen molar-refractivity contribution in [3.05, 3.63) is 134 Å². The number of nitrogens with two attached hydrogens (primary N) is 1. The number of dihydropyridines is 1. The number of rotatable bonds is 8. The highest BCUT2D eigenvalue weighted by Gasteiger charge is 2.42. The lowest BCUT2D eigenvalue weighted by molar-refractivity contribution is -0.384. The summed E-state index contributed by atoms with van der Waals surface area (Å²) in [6, 6.07) is 26.0. The molecule has 3 aromatic carbocycles. The van der Waals surface area contributed by atoms with E-state index in [0.29, 0.717) is 24.4 Å². The first-order chi connectivity index (χ1) is 19.8. The Hall–Kier alpha value is -4.96. The van der Waals surface area contributed by atoms with Gasteiger partial charge in [0.05, 0.1) is 35.1 Å². The Kier molecular flexibility index (Phi) is 7.84. The molecule has 0 aliphatic carbocycles. The zero-order valence-electron chi connectivity index (χ0n) is 22.7. The summed E-state index contributed by atoms with van der Waals surface area (Å²) in [6.07, 6.45) is -0.419. The summed E-state index contributed by atoms with van der Waals surface area (Å²) in [5, 5.41) is 14.4. The van der Waals surface area contributed by atoms with E-state index in [-0.39, 0.29) is 28.7 Å². The van der Waals surface area contributed by atoms with E-state index in [2.05, 4.69) is 34.5 Å². The van der Waals surface area contributed by atoms with Crippen molar-refractivity contribution in [3.63, 3.8) is 0 Å². The lowest BCUT2D eigenvalue weighted by Gasteiger charge is -2.44. The highest BCUT2D eigenvalue weighted by molar-refractivity contribution is 6.00. The number of hydrogen-bond donors (Lipinski definition) is 2. The van der Waals surface area contributed by atoms with Crippen LogP contribution < -0.4 is 11.1 Å². The molecule has 2 aliphatic rings. The molecule has 0 saturated carbocycles. The fourth-order valence-electron chi connectivity index (χ4n) is 5.47. The Bertz CT molecular complexity index is 1490. The van der Waals surface area contributed by atoms with Crippen LogP contribution in [-0.2, 0) is 19.1 Å². The number of allylic oxidation sites excluding steroid dienone is 1. The topological polar surface area (TPSA) is 137 Å². The van der Waals surface area contributed by atoms with Crippen LogP contribution in [0.3, 0.4) is 0 Å². The van der Waals surface area contributed by atoms with Gasteiger partial charge in [-0.25, -0.2) is 9.59 Å². The molecule has 0 bridgehead atoms. The molecule has 10 heteroatoms. The zero-order chi connectivity index (χ0) is 29.1. The summed E-state index contributed by atoms with van der Waals surface area (Å²) in [7, 11) is 1.23. The van der Waals surface area contributed by atoms with Gasteiger partial charge in [0, 0.05) is 30.9 Å². The molecule has 1 unspecified atom stereocenters. The van der Waals surface area contributed by atoms with Gasteiger partial charge in [-0.05, 0) is 23.6 Å². The van der Waals surface area contributed by atoms with E-state index >= 15 is 0 Å². The summed E-state index contributed by atoms with van der Waals surface area (Å²) >= 11 is 0. The first kappa shape index (κ1) is 27.6. The molecule has 2 heterocycles. The van der Waals surface area contributed by atoms with Gasteiger partial charge in [-0.1, -0.05) is 72.8 Å². The van der Waals surface area contributed by atoms with Gasteiger partial charge in [0.15, 0.2) is 0 Å². The molecule has 3 N–H and O–H groups in total. The molecule has 1 fully saturated rings. The van der Waals surface area contributed by atoms with E-state index in [1.165, 1.54) is 25.3 Å². The molecule has 2 aliphatic heterocycles. The number of carbonyl (C=O) groups is 2. The van der Waals surface area contributed by atoms with Gasteiger partial charge in [0.2, 0.25) is 0 Å². The molecule has 5 rings (SSSR count). The van der Waals surface area contributed by atoms with E-state index in [9.17, 15) is 19.7 Å². The average molecular weight is 555 g/mol. The van der Waals surface area contributed by atoms with E-state index in [1.54, 1.807) is 13.0 Å². The lowest BCUT2D eigenvalue weighted by Crippen LogP contribution is -2.54. The van der Waals surface area contributed by atoms with E-state index in [1.807, 2.05) is 36.4 Å². The number of benzene rings is 3. The van der Waals surface area contributed by atoms with E-state index in [4.69, 9.17) is 15.2 Å². The van der Waals surface area contributed by atoms with Gasteiger partial charge < -0.3 is 20.5 Å². The minimum atomic E-state index is -1.02. The van der Waals surface area contributed by atoms with Crippen LogP contribution in [0.25, 0.3) is 0 Å². The maximum atomic E-state index is 13.7. The molecule has 1 saturated heterocycles. The predicted octanol–water partition coefficient (Wildman–Crippen LogP) is 3.92. The number of hydrogen-bond acceptors (Lipinski definition) is 9. The summed E-state index contributed by atoms with van der Waals surface area (Å²) < 4.78 is 10.9. The summed E-state index contributed by atoms with van der Waals surface area (Å²) in [4.78, 5) is 39.7. The first-order valence-corrected chi connectivity index (χ1v) is 13.1. The molecule has 3 aromatic rings. The van der Waals surface area contributed by atoms with Crippen molar-refractivity contribution in [2.24, 2.45) is 5.73 Å². The van der Waals surface area contributed by atoms with Crippen LogP contribution in [0.2, 0.25) is 0 Å². The Balaban J connectivity index is 1.40. The summed E-state index contributed by atoms with van der Waals surface area (Å²) in [5.41, 5.74) is 9.21. The van der Waals surface area contributed by atoms with Crippen molar-refractivity contribution in [1.82, 2.24) is 10.2 Å². The largest absolute Gasteiger partial charge is 0.466 e. The third-order valence-electron chi connectivity index (χ3n) is 7.38. The van der Waals surface area contributed by atoms with Crippen molar-refractivity contribution in [3.8, 4) is 0 Å². The normalized spacial score (nSPS) is 17.6. The van der Waals surface area contributed by atoms with Gasteiger partial charge in [0.25, 0.3) is 5.69 Å². The number of nitro benzene ring substituents is 1. The second-order valence-electron chi connectivity index (χ2n) is 9.97. The number of likely N-dealkylation sites (tertiary alicyclic amines) is 1. The molecular formula is C31H30N4O6. The highest BCUT2D eigenvalue weighted by Crippen LogP contribution is 2.40. The third kappa shape index (κ3) is 5.55. The van der Waals surface area contributed by atoms with Crippen LogP contribution >= 0.6 is 0 Å². The number of non-ortho nitro benzene ring substituents is 1. The van der Waals surface area contributed by atoms with Gasteiger partial charge >= 0.3 is 11.9 Å². The van der Waals surface area contributed by atoms with Crippen molar-refractivity contribution in [1.29, 1.82) is 0 Å². The van der Waals surface area contributed by atoms with Crippen molar-refractivity contribution >= 4 is 17.6 Å². The van der Waals surface area contributed by atoms with E-state index < -0.39 is 28.9 Å². The van der Waals surface area contributed by atoms with Gasteiger partial charge in [-0.3, -0.25) is 15.0 Å². The lowest BCUT2D eigenvalue weighted by atomic mass is 9.81. The summed E-state index contributed by atoms with van der Waals surface area (Å²) in [6.45, 7) is 2.60. The van der Waals surface area contributed by atoms with Crippen molar-refractivity contribution < 1.29 is 24.0 Å². The van der Waals surface area contributed by atoms with E-state index in [0.717, 1.165) is 11.1 Å². The van der Waals surface area contributed by atoms with Gasteiger partial charge in [-0.2, -0.15) is 0 Å². The molecule has 0 radical (unpaired) electrons. The quantitative estimate of drug-likeness (QED) is 0.241. The zero-order valence-corrected chi connectivity index (χ0v) is 22.7. The van der Waals surface area contributed by atoms with Gasteiger partial charge in [-0.15, -0.1) is 0 Å². The smallest absolute Gasteiger partial charge is 0.339 e. The Morgan fingerprint density at radius 2 is 1.56 bits per heavy atom. The number of nitrogens with one attached hydrogen (secondary N) is 1. The molecule has 210 valence electrons. The predicted molar refractivity (Wildman–Crippen MR) is 151 cm³/mol. The molecule has 0 aromatic heterocycles. The Labute approximate surface area is 237 Å². The van der Waals surface area contributed by atoms with Crippen molar-refractivity contribution in [2.75, 3.05) is 20.2 Å². The molecule has 10 nitrogen and oxygen atoms in total. The monoisotopic (exact) mass is 554 g/mol. The molecule has 1 atom stereocenters. The van der Waals surface area contributed by atoms with Crippen LogP contribution in [-0.4, -0.2) is 48.1 Å². The molecule has 41 heavy (non-hydrogen) atoms. The van der Waals surface area contributed by atoms with Crippen LogP contribution in [0.1, 0.15) is 35.6 Å². The van der Waals surface area contributed by atoms with Crippen molar-refractivity contribution in [2.45, 2.75) is 25.0 Å². The fraction of sp³-hybridized carbons (Fsp3) is 0.226. The Morgan fingerprint density at radius 1 is 0.951 bits per heavy atom. The van der Waals surface area contributed by atoms with Gasteiger partial charge in [0.1, 0.15) is 11.9 Å². The standard InChI is InChI=1S/C31H30N4O6/c1-19-25(30(36)40-2)26(22-14-9-15-23(16-22)35(38)39)27(29(32)33-19)31(37)41-24-17-34(18-24)28(20-10-5-3-6-11-20)21-12-7-4-8-13-21/h3-16,24,26,28,33H,17-18,32H2,1-2H3. The second kappa shape index (κ2) is 11.6. The fourth-order valence-corrected chi connectivity index (χ4v) is 5.47. The molecule has 0 spiro atoms. The number of esters is 2. The summed E-state index contributed by atoms with van der Waals surface area (Å²) in [5.74, 6) is -2.40. The minimum absolute atomic E-state index is 0.00221. The minimum Gasteiger partial charge on any atom is -0.466 e. The van der Waals surface area contributed by atoms with Crippen LogP contribution in [0.4, 0.5) is 5.69 Å². The third-order valence-corrected chi connectivity index (χ3v) is 7.38. The maximum Gasteiger partial charge on any atom is 0.339 e. The highest BCUT2D eigenvalue weighted by atomic mass is 16.6. The number of carbonyl (C=O) groups excluding carboxylic acids is 2. The number of ether oxygens (including phenoxy) is 2. The van der Waals surface area contributed by atoms with Crippen LogP contribution in [0.15, 0.2) is 108 Å². The van der Waals surface area contributed by atoms with Crippen LogP contribution in [0, 0.1) is 10.1 Å². The molecular weight excluding hydrogens is 524 g/mol. The maximum absolute atomic E-state index is 13.7. The number of nitro groups is 1. The van der Waals surface area contributed by atoms with Crippen LogP contribution in [0.5, 0.6) is 0 Å². The Morgan fingerprint density at radius 3 is 2.12 bits per heavy atom. The number of nitrogens with zero attached hydrogens (tertiary/aromatic N) is 2. The number of methoxy groups -OCH3 is 1.